The molecule has 0 amide bonds. The van der Waals surface area contributed by atoms with Crippen LogP contribution in [-0.4, -0.2) is 43.3 Å². The van der Waals surface area contributed by atoms with Crippen molar-refractivity contribution in [2.24, 2.45) is 0 Å². The van der Waals surface area contributed by atoms with Gasteiger partial charge in [0, 0.05) is 49.7 Å². The molecule has 1 fully saturated rings. The molecular weight excluding hydrogens is 320 g/mol. The van der Waals surface area contributed by atoms with Crippen LogP contribution in [0.3, 0.4) is 0 Å². The number of ether oxygens (including phenoxy) is 2. The Morgan fingerprint density at radius 2 is 2.24 bits per heavy atom. The molecule has 1 saturated heterocycles. The molecule has 1 aromatic carbocycles. The number of aromatic nitrogens is 2. The Morgan fingerprint density at radius 1 is 1.36 bits per heavy atom. The lowest BCUT2D eigenvalue weighted by Crippen LogP contribution is -2.47. The van der Waals surface area contributed by atoms with Crippen LogP contribution in [0, 0.1) is 0 Å². The number of H-pyrrole nitrogens is 1. The Hall–Kier alpha value is -2.54. The van der Waals surface area contributed by atoms with E-state index in [1.807, 2.05) is 23.1 Å². The van der Waals surface area contributed by atoms with E-state index in [0.717, 1.165) is 43.0 Å². The largest absolute Gasteiger partial charge is 0.497 e. The molecule has 0 spiro atoms. The van der Waals surface area contributed by atoms with Crippen molar-refractivity contribution in [2.45, 2.75) is 25.4 Å². The Kier molecular flexibility index (Phi) is 5.55. The number of nitrogens with zero attached hydrogens (tertiary/aromatic N) is 2. The maximum absolute atomic E-state index is 11.9. The predicted octanol–water partition coefficient (Wildman–Crippen LogP) is 1.55. The molecule has 1 aliphatic heterocycles. The van der Waals surface area contributed by atoms with Crippen molar-refractivity contribution in [1.29, 1.82) is 0 Å². The highest BCUT2D eigenvalue weighted by atomic mass is 16.5. The lowest BCUT2D eigenvalue weighted by Gasteiger charge is -2.33. The van der Waals surface area contributed by atoms with Gasteiger partial charge >= 0.3 is 0 Å². The van der Waals surface area contributed by atoms with Crippen LogP contribution in [0.1, 0.15) is 18.4 Å². The summed E-state index contributed by atoms with van der Waals surface area (Å²) < 4.78 is 10.7. The van der Waals surface area contributed by atoms with Gasteiger partial charge in [0.15, 0.2) is 5.82 Å². The summed E-state index contributed by atoms with van der Waals surface area (Å²) in [7, 11) is 3.30. The van der Waals surface area contributed by atoms with E-state index in [0.29, 0.717) is 18.4 Å². The number of benzene rings is 1. The lowest BCUT2D eigenvalue weighted by molar-refractivity contribution is 0.383. The molecule has 7 nitrogen and oxygen atoms in total. The summed E-state index contributed by atoms with van der Waals surface area (Å²) in [5.41, 5.74) is 0.941. The van der Waals surface area contributed by atoms with Crippen LogP contribution in [0.15, 0.2) is 35.4 Å². The minimum absolute atomic E-state index is 0.139. The van der Waals surface area contributed by atoms with Gasteiger partial charge in [-0.3, -0.25) is 4.79 Å². The van der Waals surface area contributed by atoms with Gasteiger partial charge in [0.05, 0.1) is 14.2 Å². The maximum atomic E-state index is 11.9. The second kappa shape index (κ2) is 8.02. The van der Waals surface area contributed by atoms with Crippen LogP contribution in [-0.2, 0) is 6.54 Å². The highest BCUT2D eigenvalue weighted by Gasteiger charge is 2.22. The van der Waals surface area contributed by atoms with Crippen molar-refractivity contribution < 1.29 is 9.47 Å². The molecule has 1 aromatic heterocycles. The summed E-state index contributed by atoms with van der Waals surface area (Å²) in [4.78, 5) is 20.9. The van der Waals surface area contributed by atoms with E-state index >= 15 is 0 Å². The normalized spacial score (nSPS) is 17.4. The summed E-state index contributed by atoms with van der Waals surface area (Å²) in [6.07, 6.45) is 5.27. The van der Waals surface area contributed by atoms with Crippen LogP contribution in [0.5, 0.6) is 11.5 Å². The van der Waals surface area contributed by atoms with Gasteiger partial charge in [0.2, 0.25) is 0 Å². The second-order valence-electron chi connectivity index (χ2n) is 6.09. The van der Waals surface area contributed by atoms with Crippen molar-refractivity contribution >= 4 is 5.82 Å². The van der Waals surface area contributed by atoms with Gasteiger partial charge in [-0.2, -0.15) is 0 Å². The SMILES string of the molecule is COc1ccc(CN[C@@H]2CCCN(c3ncc[nH]c3=O)C2)c(OC)c1. The lowest BCUT2D eigenvalue weighted by atomic mass is 10.0. The first-order valence-corrected chi connectivity index (χ1v) is 8.44. The molecule has 0 radical (unpaired) electrons. The smallest absolute Gasteiger partial charge is 0.290 e. The number of rotatable bonds is 6. The van der Waals surface area contributed by atoms with Gasteiger partial charge in [-0.25, -0.2) is 4.98 Å². The zero-order chi connectivity index (χ0) is 17.6. The maximum Gasteiger partial charge on any atom is 0.290 e. The molecule has 1 aliphatic rings. The van der Waals surface area contributed by atoms with Gasteiger partial charge < -0.3 is 24.7 Å². The number of piperidine rings is 1. The first-order chi connectivity index (χ1) is 12.2. The van der Waals surface area contributed by atoms with Gasteiger partial charge in [0.1, 0.15) is 11.5 Å². The topological polar surface area (TPSA) is 79.5 Å². The van der Waals surface area contributed by atoms with Crippen LogP contribution < -0.4 is 25.2 Å². The first-order valence-electron chi connectivity index (χ1n) is 8.44. The van der Waals surface area contributed by atoms with Crippen molar-refractivity contribution in [2.75, 3.05) is 32.2 Å². The number of nitrogens with one attached hydrogen (secondary N) is 2. The fourth-order valence-corrected chi connectivity index (χ4v) is 3.16. The third-order valence-electron chi connectivity index (χ3n) is 4.49. The molecule has 3 rings (SSSR count). The molecule has 2 N–H and O–H groups in total. The van der Waals surface area contributed by atoms with Crippen LogP contribution in [0.4, 0.5) is 5.82 Å². The monoisotopic (exact) mass is 344 g/mol. The molecule has 7 heteroatoms. The number of anilines is 1. The zero-order valence-electron chi connectivity index (χ0n) is 14.6. The summed E-state index contributed by atoms with van der Waals surface area (Å²) in [6, 6.07) is 6.12. The first kappa shape index (κ1) is 17.3. The Balaban J connectivity index is 1.64. The number of hydrogen-bond acceptors (Lipinski definition) is 6. The molecule has 2 aromatic rings. The molecule has 25 heavy (non-hydrogen) atoms. The average molecular weight is 344 g/mol. The number of aromatic amines is 1. The molecule has 0 bridgehead atoms. The Bertz CT molecular complexity index is 762. The van der Waals surface area contributed by atoms with E-state index in [4.69, 9.17) is 9.47 Å². The average Bonchev–Trinajstić information content (AvgIpc) is 2.66. The van der Waals surface area contributed by atoms with E-state index in [1.54, 1.807) is 26.6 Å². The van der Waals surface area contributed by atoms with E-state index in [9.17, 15) is 4.79 Å². The molecule has 0 saturated carbocycles. The molecule has 1 atom stereocenters. The van der Waals surface area contributed by atoms with Crippen molar-refractivity contribution in [1.82, 2.24) is 15.3 Å². The van der Waals surface area contributed by atoms with Crippen LogP contribution in [0.25, 0.3) is 0 Å². The molecular formula is C18H24N4O3. The second-order valence-corrected chi connectivity index (χ2v) is 6.09. The zero-order valence-corrected chi connectivity index (χ0v) is 14.6. The van der Waals surface area contributed by atoms with Crippen LogP contribution in [0.2, 0.25) is 0 Å². The number of methoxy groups -OCH3 is 2. The van der Waals surface area contributed by atoms with Crippen molar-refractivity contribution in [3.05, 3.63) is 46.5 Å². The third kappa shape index (κ3) is 4.11. The fraction of sp³-hybridized carbons (Fsp3) is 0.444. The van der Waals surface area contributed by atoms with E-state index in [2.05, 4.69) is 15.3 Å². The minimum atomic E-state index is -0.139. The van der Waals surface area contributed by atoms with E-state index in [-0.39, 0.29) is 5.56 Å². The third-order valence-corrected chi connectivity index (χ3v) is 4.49. The molecule has 2 heterocycles. The van der Waals surface area contributed by atoms with E-state index < -0.39 is 0 Å². The predicted molar refractivity (Wildman–Crippen MR) is 96.5 cm³/mol. The van der Waals surface area contributed by atoms with Gasteiger partial charge in [-0.05, 0) is 18.9 Å². The summed E-state index contributed by atoms with van der Waals surface area (Å²) in [5, 5.41) is 3.57. The van der Waals surface area contributed by atoms with E-state index in [1.165, 1.54) is 0 Å². The fourth-order valence-electron chi connectivity index (χ4n) is 3.16. The molecule has 0 unspecified atom stereocenters. The Morgan fingerprint density at radius 3 is 3.00 bits per heavy atom. The minimum Gasteiger partial charge on any atom is -0.497 e. The Labute approximate surface area is 147 Å². The molecule has 0 aliphatic carbocycles. The summed E-state index contributed by atoms with van der Waals surface area (Å²) in [6.45, 7) is 2.31. The van der Waals surface area contributed by atoms with Crippen LogP contribution >= 0.6 is 0 Å². The van der Waals surface area contributed by atoms with Gasteiger partial charge in [0.25, 0.3) is 5.56 Å². The van der Waals surface area contributed by atoms with Gasteiger partial charge in [-0.15, -0.1) is 0 Å². The highest BCUT2D eigenvalue weighted by Crippen LogP contribution is 2.25. The highest BCUT2D eigenvalue weighted by molar-refractivity contribution is 5.41. The van der Waals surface area contributed by atoms with Crippen molar-refractivity contribution in [3.63, 3.8) is 0 Å². The standard InChI is InChI=1S/C18H24N4O3/c1-24-15-6-5-13(16(10-15)25-2)11-21-14-4-3-9-22(12-14)17-18(23)20-8-7-19-17/h5-8,10,14,21H,3-4,9,11-12H2,1-2H3,(H,20,23)/t14-/m1/s1. The summed E-state index contributed by atoms with van der Waals surface area (Å²) >= 11 is 0. The quantitative estimate of drug-likeness (QED) is 0.828. The molecule has 134 valence electrons. The number of hydrogen-bond donors (Lipinski definition) is 2. The van der Waals surface area contributed by atoms with Gasteiger partial charge in [-0.1, -0.05) is 6.07 Å². The summed E-state index contributed by atoms with van der Waals surface area (Å²) in [5.74, 6) is 2.08. The van der Waals surface area contributed by atoms with Crippen molar-refractivity contribution in [3.8, 4) is 11.5 Å².